The van der Waals surface area contributed by atoms with E-state index in [2.05, 4.69) is 56.9 Å². The van der Waals surface area contributed by atoms with Crippen LogP contribution in [0, 0.1) is 5.92 Å². The van der Waals surface area contributed by atoms with E-state index in [0.717, 1.165) is 37.8 Å². The fourth-order valence-corrected chi connectivity index (χ4v) is 4.15. The zero-order valence-electron chi connectivity index (χ0n) is 16.9. The van der Waals surface area contributed by atoms with Gasteiger partial charge in [0.25, 0.3) is 0 Å². The molecule has 0 bridgehead atoms. The summed E-state index contributed by atoms with van der Waals surface area (Å²) in [7, 11) is 1.87. The van der Waals surface area contributed by atoms with Crippen molar-refractivity contribution < 1.29 is 0 Å². The van der Waals surface area contributed by atoms with Crippen molar-refractivity contribution in [3.8, 4) is 0 Å². The van der Waals surface area contributed by atoms with Gasteiger partial charge in [0.15, 0.2) is 5.96 Å². The van der Waals surface area contributed by atoms with Gasteiger partial charge in [-0.15, -0.1) is 0 Å². The molecule has 3 rings (SSSR count). The third-order valence-electron chi connectivity index (χ3n) is 5.83. The summed E-state index contributed by atoms with van der Waals surface area (Å²) < 4.78 is 0. The maximum absolute atomic E-state index is 4.39. The maximum atomic E-state index is 4.39. The van der Waals surface area contributed by atoms with Crippen molar-refractivity contribution in [2.75, 3.05) is 39.8 Å². The Bertz CT molecular complexity index is 608. The molecule has 4 nitrogen and oxygen atoms in total. The van der Waals surface area contributed by atoms with E-state index in [4.69, 9.17) is 0 Å². The molecule has 2 aliphatic rings. The maximum Gasteiger partial charge on any atom is 0.190 e. The second-order valence-electron chi connectivity index (χ2n) is 7.93. The number of rotatable bonds is 8. The predicted octanol–water partition coefficient (Wildman–Crippen LogP) is 3.61. The van der Waals surface area contributed by atoms with Crippen LogP contribution in [0.25, 0.3) is 0 Å². The molecule has 1 aliphatic carbocycles. The fourth-order valence-electron chi connectivity index (χ4n) is 4.15. The van der Waals surface area contributed by atoms with E-state index in [1.165, 1.54) is 57.3 Å². The van der Waals surface area contributed by atoms with E-state index in [1.54, 1.807) is 5.57 Å². The number of nitrogens with one attached hydrogen (secondary N) is 2. The molecular weight excluding hydrogens is 332 g/mol. The topological polar surface area (TPSA) is 39.7 Å². The number of likely N-dealkylation sites (tertiary alicyclic amines) is 1. The third-order valence-corrected chi connectivity index (χ3v) is 5.83. The molecule has 148 valence electrons. The van der Waals surface area contributed by atoms with Gasteiger partial charge in [-0.3, -0.25) is 4.99 Å². The summed E-state index contributed by atoms with van der Waals surface area (Å²) in [6.07, 6.45) is 11.3. The Morgan fingerprint density at radius 2 is 2.04 bits per heavy atom. The van der Waals surface area contributed by atoms with Crippen molar-refractivity contribution in [3.05, 3.63) is 47.5 Å². The Labute approximate surface area is 165 Å². The summed E-state index contributed by atoms with van der Waals surface area (Å²) in [6, 6.07) is 10.8. The summed E-state index contributed by atoms with van der Waals surface area (Å²) in [5.74, 6) is 1.68. The van der Waals surface area contributed by atoms with Crippen molar-refractivity contribution in [1.29, 1.82) is 0 Å². The van der Waals surface area contributed by atoms with Crippen LogP contribution in [-0.4, -0.2) is 50.6 Å². The summed E-state index contributed by atoms with van der Waals surface area (Å²) in [5.41, 5.74) is 3.06. The van der Waals surface area contributed by atoms with E-state index in [1.807, 2.05) is 7.05 Å². The molecule has 1 heterocycles. The van der Waals surface area contributed by atoms with Crippen LogP contribution < -0.4 is 10.6 Å². The van der Waals surface area contributed by atoms with E-state index in [-0.39, 0.29) is 0 Å². The molecule has 1 saturated heterocycles. The number of guanidine groups is 1. The molecule has 0 amide bonds. The summed E-state index contributed by atoms with van der Waals surface area (Å²) in [6.45, 7) is 5.59. The van der Waals surface area contributed by atoms with Crippen LogP contribution >= 0.6 is 0 Å². The Kier molecular flexibility index (Phi) is 8.22. The van der Waals surface area contributed by atoms with Gasteiger partial charge in [-0.25, -0.2) is 0 Å². The SMILES string of the molecule is CN=C(NCCC1=CCCCC1)NCC1CCN(CCc2ccccc2)C1. The standard InChI is InChI=1S/C23H36N4/c1-24-23(25-15-12-20-8-4-2-5-9-20)26-18-22-14-17-27(19-22)16-13-21-10-6-3-7-11-21/h3,6-8,10-11,22H,2,4-5,9,12-19H2,1H3,(H2,24,25,26). The first-order chi connectivity index (χ1) is 13.3. The molecule has 0 aromatic heterocycles. The number of nitrogens with zero attached hydrogens (tertiary/aromatic N) is 2. The van der Waals surface area contributed by atoms with Crippen LogP contribution in [0.15, 0.2) is 47.0 Å². The first-order valence-corrected chi connectivity index (χ1v) is 10.7. The second-order valence-corrected chi connectivity index (χ2v) is 7.93. The van der Waals surface area contributed by atoms with Gasteiger partial charge >= 0.3 is 0 Å². The largest absolute Gasteiger partial charge is 0.356 e. The normalized spacial score (nSPS) is 21.1. The van der Waals surface area contributed by atoms with Crippen LogP contribution in [-0.2, 0) is 6.42 Å². The molecule has 0 saturated carbocycles. The van der Waals surface area contributed by atoms with Gasteiger partial charge in [-0.1, -0.05) is 42.0 Å². The smallest absolute Gasteiger partial charge is 0.190 e. The van der Waals surface area contributed by atoms with Crippen molar-refractivity contribution in [1.82, 2.24) is 15.5 Å². The first kappa shape index (κ1) is 19.9. The Balaban J connectivity index is 1.30. The van der Waals surface area contributed by atoms with Crippen molar-refractivity contribution in [2.45, 2.75) is 44.9 Å². The monoisotopic (exact) mass is 368 g/mol. The van der Waals surface area contributed by atoms with E-state index >= 15 is 0 Å². The minimum absolute atomic E-state index is 0.723. The number of benzene rings is 1. The lowest BCUT2D eigenvalue weighted by Crippen LogP contribution is -2.40. The lowest BCUT2D eigenvalue weighted by atomic mass is 9.97. The van der Waals surface area contributed by atoms with E-state index in [9.17, 15) is 0 Å². The van der Waals surface area contributed by atoms with Crippen LogP contribution in [0.5, 0.6) is 0 Å². The summed E-state index contributed by atoms with van der Waals surface area (Å²) in [5, 5.41) is 7.02. The lowest BCUT2D eigenvalue weighted by molar-refractivity contribution is 0.328. The van der Waals surface area contributed by atoms with Gasteiger partial charge in [-0.05, 0) is 63.0 Å². The molecule has 0 spiro atoms. The molecule has 2 N–H and O–H groups in total. The third kappa shape index (κ3) is 7.02. The van der Waals surface area contributed by atoms with Crippen LogP contribution in [0.2, 0.25) is 0 Å². The highest BCUT2D eigenvalue weighted by molar-refractivity contribution is 5.79. The highest BCUT2D eigenvalue weighted by Gasteiger charge is 2.22. The first-order valence-electron chi connectivity index (χ1n) is 10.7. The second kappa shape index (κ2) is 11.1. The van der Waals surface area contributed by atoms with Gasteiger partial charge in [0, 0.05) is 33.2 Å². The van der Waals surface area contributed by atoms with Crippen molar-refractivity contribution >= 4 is 5.96 Å². The van der Waals surface area contributed by atoms with Gasteiger partial charge in [0.2, 0.25) is 0 Å². The Morgan fingerprint density at radius 1 is 1.15 bits per heavy atom. The predicted molar refractivity (Wildman–Crippen MR) is 115 cm³/mol. The average Bonchev–Trinajstić information content (AvgIpc) is 3.18. The molecule has 1 unspecified atom stereocenters. The van der Waals surface area contributed by atoms with Crippen LogP contribution in [0.4, 0.5) is 0 Å². The van der Waals surface area contributed by atoms with E-state index in [0.29, 0.717) is 0 Å². The molecule has 1 aromatic rings. The van der Waals surface area contributed by atoms with Crippen LogP contribution in [0.3, 0.4) is 0 Å². The minimum Gasteiger partial charge on any atom is -0.356 e. The van der Waals surface area contributed by atoms with Crippen molar-refractivity contribution in [2.24, 2.45) is 10.9 Å². The van der Waals surface area contributed by atoms with Crippen LogP contribution in [0.1, 0.15) is 44.1 Å². The lowest BCUT2D eigenvalue weighted by Gasteiger charge is -2.18. The molecule has 27 heavy (non-hydrogen) atoms. The van der Waals surface area contributed by atoms with Gasteiger partial charge in [0.1, 0.15) is 0 Å². The average molecular weight is 369 g/mol. The molecule has 1 fully saturated rings. The zero-order valence-corrected chi connectivity index (χ0v) is 16.9. The number of hydrogen-bond acceptors (Lipinski definition) is 2. The van der Waals surface area contributed by atoms with Gasteiger partial charge < -0.3 is 15.5 Å². The summed E-state index contributed by atoms with van der Waals surface area (Å²) >= 11 is 0. The molecular formula is C23H36N4. The Morgan fingerprint density at radius 3 is 2.81 bits per heavy atom. The molecule has 1 atom stereocenters. The highest BCUT2D eigenvalue weighted by atomic mass is 15.2. The minimum atomic E-state index is 0.723. The fraction of sp³-hybridized carbons (Fsp3) is 0.609. The zero-order chi connectivity index (χ0) is 18.7. The molecule has 0 radical (unpaired) electrons. The van der Waals surface area contributed by atoms with Crippen molar-refractivity contribution in [3.63, 3.8) is 0 Å². The number of aliphatic imine (C=N–C) groups is 1. The van der Waals surface area contributed by atoms with E-state index < -0.39 is 0 Å². The Hall–Kier alpha value is -1.81. The molecule has 4 heteroatoms. The number of hydrogen-bond donors (Lipinski definition) is 2. The number of allylic oxidation sites excluding steroid dienone is 1. The van der Waals surface area contributed by atoms with Gasteiger partial charge in [0.05, 0.1) is 0 Å². The highest BCUT2D eigenvalue weighted by Crippen LogP contribution is 2.19. The molecule has 1 aliphatic heterocycles. The summed E-state index contributed by atoms with van der Waals surface area (Å²) in [4.78, 5) is 6.99. The van der Waals surface area contributed by atoms with Gasteiger partial charge in [-0.2, -0.15) is 0 Å². The quantitative estimate of drug-likeness (QED) is 0.418. The molecule has 1 aromatic carbocycles.